The zero-order valence-electron chi connectivity index (χ0n) is 16.4. The van der Waals surface area contributed by atoms with E-state index in [2.05, 4.69) is 10.4 Å². The van der Waals surface area contributed by atoms with E-state index in [4.69, 9.17) is 0 Å². The summed E-state index contributed by atoms with van der Waals surface area (Å²) >= 11 is 0. The standard InChI is InChI=1S/C19H19F6N3O3S/c20-18(21,22)11-28-16(8-9-26-28)17(29)27-13-4-6-14(7-5-13)32(30,31)15-3-1-2-12(10-15)19(23,24)25/h1-3,8-10,13-14H,4-7,11H2,(H,27,29)/t13-,14+. The Morgan fingerprint density at radius 1 is 1.06 bits per heavy atom. The van der Waals surface area contributed by atoms with E-state index in [1.54, 1.807) is 0 Å². The lowest BCUT2D eigenvalue weighted by Gasteiger charge is -2.29. The van der Waals surface area contributed by atoms with Crippen LogP contribution in [0, 0.1) is 0 Å². The molecule has 32 heavy (non-hydrogen) atoms. The first kappa shape index (κ1) is 24.1. The molecule has 0 unspecified atom stereocenters. The van der Waals surface area contributed by atoms with Gasteiger partial charge in [0.25, 0.3) is 5.91 Å². The predicted molar refractivity (Wildman–Crippen MR) is 100 cm³/mol. The van der Waals surface area contributed by atoms with Crippen LogP contribution in [0.1, 0.15) is 41.7 Å². The molecule has 0 radical (unpaired) electrons. The molecule has 1 aliphatic carbocycles. The normalized spacial score (nSPS) is 20.2. The van der Waals surface area contributed by atoms with Crippen molar-refractivity contribution in [1.82, 2.24) is 15.1 Å². The number of nitrogens with one attached hydrogen (secondary N) is 1. The molecule has 3 rings (SSSR count). The van der Waals surface area contributed by atoms with Gasteiger partial charge in [-0.25, -0.2) is 8.42 Å². The summed E-state index contributed by atoms with van der Waals surface area (Å²) in [6, 6.07) is 4.20. The van der Waals surface area contributed by atoms with Crippen molar-refractivity contribution in [2.24, 2.45) is 0 Å². The highest BCUT2D eigenvalue weighted by atomic mass is 32.2. The van der Waals surface area contributed by atoms with E-state index in [9.17, 15) is 39.6 Å². The van der Waals surface area contributed by atoms with E-state index in [0.717, 1.165) is 30.5 Å². The minimum Gasteiger partial charge on any atom is -0.348 e. The zero-order valence-corrected chi connectivity index (χ0v) is 17.3. The fourth-order valence-electron chi connectivity index (χ4n) is 3.64. The second-order valence-corrected chi connectivity index (χ2v) is 9.74. The SMILES string of the molecule is O=C(N[C@H]1CC[C@@H](S(=O)(=O)c2cccc(C(F)(F)F)c2)CC1)c1ccnn1CC(F)(F)F. The number of rotatable bonds is 5. The molecule has 1 amide bonds. The van der Waals surface area contributed by atoms with Crippen molar-refractivity contribution in [3.05, 3.63) is 47.8 Å². The highest BCUT2D eigenvalue weighted by Gasteiger charge is 2.36. The Labute approximate surface area is 179 Å². The lowest BCUT2D eigenvalue weighted by Crippen LogP contribution is -2.41. The average molecular weight is 483 g/mol. The minimum absolute atomic E-state index is 0.0886. The summed E-state index contributed by atoms with van der Waals surface area (Å²) in [4.78, 5) is 11.9. The van der Waals surface area contributed by atoms with Crippen LogP contribution in [0.5, 0.6) is 0 Å². The Morgan fingerprint density at radius 2 is 1.72 bits per heavy atom. The van der Waals surface area contributed by atoms with Crippen LogP contribution in [0.25, 0.3) is 0 Å². The van der Waals surface area contributed by atoms with Gasteiger partial charge in [-0.3, -0.25) is 9.48 Å². The van der Waals surface area contributed by atoms with Crippen molar-refractivity contribution in [3.8, 4) is 0 Å². The molecule has 0 atom stereocenters. The maximum atomic E-state index is 12.9. The van der Waals surface area contributed by atoms with E-state index in [1.165, 1.54) is 0 Å². The van der Waals surface area contributed by atoms with Crippen LogP contribution in [0.3, 0.4) is 0 Å². The van der Waals surface area contributed by atoms with Gasteiger partial charge in [0.1, 0.15) is 12.2 Å². The molecular formula is C19H19F6N3O3S. The third-order valence-electron chi connectivity index (χ3n) is 5.22. The van der Waals surface area contributed by atoms with E-state index in [1.807, 2.05) is 0 Å². The summed E-state index contributed by atoms with van der Waals surface area (Å²) < 4.78 is 103. The van der Waals surface area contributed by atoms with Gasteiger partial charge < -0.3 is 5.32 Å². The summed E-state index contributed by atoms with van der Waals surface area (Å²) in [6.45, 7) is -1.43. The summed E-state index contributed by atoms with van der Waals surface area (Å²) in [5.74, 6) is -0.768. The summed E-state index contributed by atoms with van der Waals surface area (Å²) in [5, 5.41) is 5.15. The molecule has 1 aromatic heterocycles. The van der Waals surface area contributed by atoms with Crippen LogP contribution in [-0.2, 0) is 22.6 Å². The molecule has 0 saturated heterocycles. The van der Waals surface area contributed by atoms with Gasteiger partial charge in [-0.2, -0.15) is 31.4 Å². The van der Waals surface area contributed by atoms with Gasteiger partial charge in [-0.15, -0.1) is 0 Å². The molecule has 0 bridgehead atoms. The largest absolute Gasteiger partial charge is 0.416 e. The molecule has 0 aliphatic heterocycles. The third-order valence-corrected chi connectivity index (χ3v) is 7.48. The number of nitrogens with zero attached hydrogens (tertiary/aromatic N) is 2. The molecule has 2 aromatic rings. The lowest BCUT2D eigenvalue weighted by molar-refractivity contribution is -0.142. The smallest absolute Gasteiger partial charge is 0.348 e. The molecule has 1 saturated carbocycles. The van der Waals surface area contributed by atoms with Crippen molar-refractivity contribution in [1.29, 1.82) is 0 Å². The van der Waals surface area contributed by atoms with Gasteiger partial charge in [0.2, 0.25) is 0 Å². The number of sulfone groups is 1. The van der Waals surface area contributed by atoms with E-state index >= 15 is 0 Å². The van der Waals surface area contributed by atoms with Gasteiger partial charge in [0, 0.05) is 12.2 Å². The molecule has 176 valence electrons. The maximum absolute atomic E-state index is 12.9. The van der Waals surface area contributed by atoms with Crippen LogP contribution in [0.4, 0.5) is 26.3 Å². The minimum atomic E-state index is -4.67. The third kappa shape index (κ3) is 5.61. The van der Waals surface area contributed by atoms with Crippen molar-refractivity contribution in [2.45, 2.75) is 60.8 Å². The van der Waals surface area contributed by atoms with Crippen molar-refractivity contribution >= 4 is 15.7 Å². The van der Waals surface area contributed by atoms with E-state index < -0.39 is 56.4 Å². The molecular weight excluding hydrogens is 464 g/mol. The maximum Gasteiger partial charge on any atom is 0.416 e. The Hall–Kier alpha value is -2.57. The second-order valence-electron chi connectivity index (χ2n) is 7.51. The Balaban J connectivity index is 1.63. The number of benzene rings is 1. The van der Waals surface area contributed by atoms with E-state index in [0.29, 0.717) is 10.7 Å². The van der Waals surface area contributed by atoms with Crippen LogP contribution in [-0.4, -0.2) is 41.6 Å². The summed E-state index contributed by atoms with van der Waals surface area (Å²) in [6.07, 6.45) is -7.57. The molecule has 1 N–H and O–H groups in total. The second kappa shape index (κ2) is 8.75. The number of hydrogen-bond acceptors (Lipinski definition) is 4. The first-order valence-electron chi connectivity index (χ1n) is 9.58. The van der Waals surface area contributed by atoms with Crippen LogP contribution in [0.2, 0.25) is 0 Å². The van der Waals surface area contributed by atoms with Crippen LogP contribution < -0.4 is 5.32 Å². The zero-order chi connectivity index (χ0) is 23.7. The fraction of sp³-hybridized carbons (Fsp3) is 0.474. The summed E-state index contributed by atoms with van der Waals surface area (Å²) in [5.41, 5.74) is -1.34. The predicted octanol–water partition coefficient (Wildman–Crippen LogP) is 3.98. The van der Waals surface area contributed by atoms with E-state index in [-0.39, 0.29) is 31.4 Å². The Bertz CT molecular complexity index is 1070. The fourth-order valence-corrected chi connectivity index (χ4v) is 5.48. The molecule has 1 heterocycles. The van der Waals surface area contributed by atoms with Crippen LogP contribution >= 0.6 is 0 Å². The Kier molecular flexibility index (Phi) is 6.59. The highest BCUT2D eigenvalue weighted by Crippen LogP contribution is 2.34. The van der Waals surface area contributed by atoms with Crippen molar-refractivity contribution in [2.75, 3.05) is 0 Å². The number of amides is 1. The molecule has 0 spiro atoms. The monoisotopic (exact) mass is 483 g/mol. The van der Waals surface area contributed by atoms with Gasteiger partial charge in [-0.1, -0.05) is 6.07 Å². The number of hydrogen-bond donors (Lipinski definition) is 1. The van der Waals surface area contributed by atoms with Crippen molar-refractivity contribution in [3.63, 3.8) is 0 Å². The average Bonchev–Trinajstić information content (AvgIpc) is 3.14. The lowest BCUT2D eigenvalue weighted by atomic mass is 9.95. The first-order chi connectivity index (χ1) is 14.8. The number of halogens is 6. The Morgan fingerprint density at radius 3 is 2.31 bits per heavy atom. The van der Waals surface area contributed by atoms with Gasteiger partial charge in [0.05, 0.1) is 15.7 Å². The number of aromatic nitrogens is 2. The van der Waals surface area contributed by atoms with Crippen molar-refractivity contribution < 1.29 is 39.6 Å². The molecule has 1 aliphatic rings. The highest BCUT2D eigenvalue weighted by molar-refractivity contribution is 7.92. The molecule has 6 nitrogen and oxygen atoms in total. The number of alkyl halides is 6. The summed E-state index contributed by atoms with van der Waals surface area (Å²) in [7, 11) is -4.02. The quantitative estimate of drug-likeness (QED) is 0.653. The molecule has 1 fully saturated rings. The van der Waals surface area contributed by atoms with Gasteiger partial charge >= 0.3 is 12.4 Å². The van der Waals surface area contributed by atoms with Gasteiger partial charge in [0.15, 0.2) is 9.84 Å². The first-order valence-corrected chi connectivity index (χ1v) is 11.1. The number of carbonyl (C=O) groups is 1. The molecule has 13 heteroatoms. The van der Waals surface area contributed by atoms with Gasteiger partial charge in [-0.05, 0) is 49.9 Å². The number of carbonyl (C=O) groups excluding carboxylic acids is 1. The topological polar surface area (TPSA) is 81.1 Å². The molecule has 1 aromatic carbocycles. The van der Waals surface area contributed by atoms with Crippen LogP contribution in [0.15, 0.2) is 41.4 Å².